The van der Waals surface area contributed by atoms with Crippen LogP contribution in [0.3, 0.4) is 0 Å². The Morgan fingerprint density at radius 2 is 1.55 bits per heavy atom. The van der Waals surface area contributed by atoms with Gasteiger partial charge in [0.25, 0.3) is 0 Å². The summed E-state index contributed by atoms with van der Waals surface area (Å²) >= 11 is 0. The van der Waals surface area contributed by atoms with Crippen molar-refractivity contribution in [1.82, 2.24) is 10.6 Å². The molecule has 0 radical (unpaired) electrons. The van der Waals surface area contributed by atoms with Crippen molar-refractivity contribution >= 4 is 23.8 Å². The van der Waals surface area contributed by atoms with Crippen molar-refractivity contribution in [2.75, 3.05) is 0 Å². The second kappa shape index (κ2) is 10.0. The van der Waals surface area contributed by atoms with E-state index < -0.39 is 41.8 Å². The molecule has 2 amide bonds. The van der Waals surface area contributed by atoms with Crippen LogP contribution in [0.5, 0.6) is 0 Å². The number of carbonyl (C=O) groups excluding carboxylic acids is 2. The third-order valence-electron chi connectivity index (χ3n) is 4.84. The number of hydrogen-bond acceptors (Lipinski definition) is 4. The highest BCUT2D eigenvalue weighted by molar-refractivity contribution is 5.94. The van der Waals surface area contributed by atoms with Gasteiger partial charge in [-0.15, -0.1) is 0 Å². The highest BCUT2D eigenvalue weighted by Crippen LogP contribution is 2.24. The first kappa shape index (κ1) is 24.1. The Morgan fingerprint density at radius 3 is 2.00 bits per heavy atom. The van der Waals surface area contributed by atoms with Gasteiger partial charge >= 0.3 is 11.9 Å². The summed E-state index contributed by atoms with van der Waals surface area (Å²) in [5.41, 5.74) is 0.940. The Balaban J connectivity index is 2.94. The molecule has 1 rings (SSSR count). The zero-order chi connectivity index (χ0) is 22.4. The molecule has 2 atom stereocenters. The standard InChI is InChI=1S/C21H30N2O6/c1-12(2)17(18(26)22-15(19(27)28)10-11-16(24)25)23-20(29)21(4,5)14-8-6-13(3)7-9-14/h6-9,12,15,17H,10-11H2,1-5H3,(H,22,26)(H,23,29)(H,24,25)(H,27,28)/t15-,17+/m1/s1. The molecule has 0 heterocycles. The minimum Gasteiger partial charge on any atom is -0.481 e. The predicted molar refractivity (Wildman–Crippen MR) is 107 cm³/mol. The number of rotatable bonds is 10. The van der Waals surface area contributed by atoms with Gasteiger partial charge < -0.3 is 20.8 Å². The number of aryl methyl sites for hydroxylation is 1. The summed E-state index contributed by atoms with van der Waals surface area (Å²) in [5, 5.41) is 23.0. The molecule has 0 spiro atoms. The SMILES string of the molecule is Cc1ccc(C(C)(C)C(=O)N[C@H](C(=O)N[C@H](CCC(=O)O)C(=O)O)C(C)C)cc1. The first-order valence-corrected chi connectivity index (χ1v) is 9.49. The molecule has 8 nitrogen and oxygen atoms in total. The molecule has 29 heavy (non-hydrogen) atoms. The minimum absolute atomic E-state index is 0.246. The van der Waals surface area contributed by atoms with Crippen LogP contribution < -0.4 is 10.6 Å². The van der Waals surface area contributed by atoms with E-state index in [0.29, 0.717) is 0 Å². The Hall–Kier alpha value is -2.90. The fourth-order valence-electron chi connectivity index (χ4n) is 2.74. The lowest BCUT2D eigenvalue weighted by molar-refractivity contribution is -0.143. The smallest absolute Gasteiger partial charge is 0.326 e. The average molecular weight is 406 g/mol. The molecule has 0 saturated carbocycles. The monoisotopic (exact) mass is 406 g/mol. The fourth-order valence-corrected chi connectivity index (χ4v) is 2.74. The fraction of sp³-hybridized carbons (Fsp3) is 0.524. The van der Waals surface area contributed by atoms with Gasteiger partial charge in [-0.25, -0.2) is 4.79 Å². The topological polar surface area (TPSA) is 133 Å². The summed E-state index contributed by atoms with van der Waals surface area (Å²) < 4.78 is 0. The first-order valence-electron chi connectivity index (χ1n) is 9.49. The Labute approximate surface area is 170 Å². The maximum Gasteiger partial charge on any atom is 0.326 e. The second-order valence-corrected chi connectivity index (χ2v) is 8.02. The molecule has 8 heteroatoms. The average Bonchev–Trinajstić information content (AvgIpc) is 2.62. The zero-order valence-electron chi connectivity index (χ0n) is 17.5. The summed E-state index contributed by atoms with van der Waals surface area (Å²) in [4.78, 5) is 47.6. The van der Waals surface area contributed by atoms with Crippen molar-refractivity contribution in [2.24, 2.45) is 5.92 Å². The van der Waals surface area contributed by atoms with Crippen molar-refractivity contribution in [1.29, 1.82) is 0 Å². The molecule has 160 valence electrons. The zero-order valence-corrected chi connectivity index (χ0v) is 17.5. The van der Waals surface area contributed by atoms with Crippen LogP contribution in [0, 0.1) is 12.8 Å². The number of nitrogens with one attached hydrogen (secondary N) is 2. The van der Waals surface area contributed by atoms with Gasteiger partial charge in [0.1, 0.15) is 12.1 Å². The van der Waals surface area contributed by atoms with E-state index in [2.05, 4.69) is 10.6 Å². The van der Waals surface area contributed by atoms with Crippen LogP contribution in [0.4, 0.5) is 0 Å². The van der Waals surface area contributed by atoms with Crippen molar-refractivity contribution in [3.8, 4) is 0 Å². The summed E-state index contributed by atoms with van der Waals surface area (Å²) in [7, 11) is 0. The molecule has 4 N–H and O–H groups in total. The van der Waals surface area contributed by atoms with Crippen molar-refractivity contribution in [3.05, 3.63) is 35.4 Å². The van der Waals surface area contributed by atoms with Crippen molar-refractivity contribution in [3.63, 3.8) is 0 Å². The molecular formula is C21H30N2O6. The molecule has 1 aromatic rings. The van der Waals surface area contributed by atoms with E-state index in [1.165, 1.54) is 0 Å². The molecule has 0 aromatic heterocycles. The molecule has 0 saturated heterocycles. The predicted octanol–water partition coefficient (Wildman–Crippen LogP) is 1.85. The molecule has 0 aliphatic rings. The number of benzene rings is 1. The number of carboxylic acids is 2. The maximum absolute atomic E-state index is 12.9. The molecule has 0 bridgehead atoms. The minimum atomic E-state index is -1.35. The van der Waals surface area contributed by atoms with Gasteiger partial charge in [-0.1, -0.05) is 43.7 Å². The highest BCUT2D eigenvalue weighted by Gasteiger charge is 2.35. The van der Waals surface area contributed by atoms with E-state index >= 15 is 0 Å². The summed E-state index contributed by atoms with van der Waals surface area (Å²) in [6.07, 6.45) is -0.638. The van der Waals surface area contributed by atoms with E-state index in [1.807, 2.05) is 31.2 Å². The van der Waals surface area contributed by atoms with Gasteiger partial charge in [0.15, 0.2) is 0 Å². The second-order valence-electron chi connectivity index (χ2n) is 8.02. The van der Waals surface area contributed by atoms with Crippen molar-refractivity contribution < 1.29 is 29.4 Å². The lowest BCUT2D eigenvalue weighted by Gasteiger charge is -2.29. The largest absolute Gasteiger partial charge is 0.481 e. The normalized spacial score (nSPS) is 13.4. The van der Waals surface area contributed by atoms with Gasteiger partial charge in [0, 0.05) is 6.42 Å². The van der Waals surface area contributed by atoms with Crippen LogP contribution in [0.15, 0.2) is 24.3 Å². The molecule has 0 unspecified atom stereocenters. The van der Waals surface area contributed by atoms with Crippen LogP contribution in [-0.4, -0.2) is 46.0 Å². The Morgan fingerprint density at radius 1 is 1.00 bits per heavy atom. The first-order chi connectivity index (χ1) is 13.4. The quantitative estimate of drug-likeness (QED) is 0.469. The molecule has 0 aliphatic carbocycles. The molecule has 1 aromatic carbocycles. The number of amides is 2. The third-order valence-corrected chi connectivity index (χ3v) is 4.84. The summed E-state index contributed by atoms with van der Waals surface area (Å²) in [6, 6.07) is 5.20. The van der Waals surface area contributed by atoms with Crippen LogP contribution >= 0.6 is 0 Å². The highest BCUT2D eigenvalue weighted by atomic mass is 16.4. The van der Waals surface area contributed by atoms with Crippen LogP contribution in [0.1, 0.15) is 51.7 Å². The third kappa shape index (κ3) is 6.89. The van der Waals surface area contributed by atoms with E-state index in [-0.39, 0.29) is 18.2 Å². The molecule has 0 fully saturated rings. The van der Waals surface area contributed by atoms with Gasteiger partial charge in [-0.05, 0) is 38.7 Å². The number of hydrogen-bond donors (Lipinski definition) is 4. The molecule has 0 aliphatic heterocycles. The Bertz CT molecular complexity index is 755. The van der Waals surface area contributed by atoms with Crippen LogP contribution in [0.2, 0.25) is 0 Å². The van der Waals surface area contributed by atoms with Gasteiger partial charge in [0.05, 0.1) is 5.41 Å². The van der Waals surface area contributed by atoms with E-state index in [4.69, 9.17) is 5.11 Å². The van der Waals surface area contributed by atoms with Crippen LogP contribution in [-0.2, 0) is 24.6 Å². The van der Waals surface area contributed by atoms with Crippen LogP contribution in [0.25, 0.3) is 0 Å². The number of aliphatic carboxylic acids is 2. The van der Waals surface area contributed by atoms with Gasteiger partial charge in [0.2, 0.25) is 11.8 Å². The summed E-state index contributed by atoms with van der Waals surface area (Å²) in [6.45, 7) is 8.90. The van der Waals surface area contributed by atoms with Gasteiger partial charge in [-0.3, -0.25) is 14.4 Å². The maximum atomic E-state index is 12.9. The number of carbonyl (C=O) groups is 4. The lowest BCUT2D eigenvalue weighted by Crippen LogP contribution is -2.56. The molecular weight excluding hydrogens is 376 g/mol. The summed E-state index contributed by atoms with van der Waals surface area (Å²) in [5.74, 6) is -3.81. The van der Waals surface area contributed by atoms with E-state index in [9.17, 15) is 24.3 Å². The van der Waals surface area contributed by atoms with Gasteiger partial charge in [-0.2, -0.15) is 0 Å². The van der Waals surface area contributed by atoms with Crippen molar-refractivity contribution in [2.45, 2.75) is 65.0 Å². The Kier molecular flexibility index (Phi) is 8.36. The number of carboxylic acid groups (broad SMARTS) is 2. The lowest BCUT2D eigenvalue weighted by atomic mass is 9.83. The van der Waals surface area contributed by atoms with E-state index in [0.717, 1.165) is 11.1 Å². The van der Waals surface area contributed by atoms with E-state index in [1.54, 1.807) is 27.7 Å².